The van der Waals surface area contributed by atoms with Crippen molar-refractivity contribution in [2.75, 3.05) is 0 Å². The first-order chi connectivity index (χ1) is 16.4. The van der Waals surface area contributed by atoms with Crippen LogP contribution in [0.2, 0.25) is 0 Å². The average Bonchev–Trinajstić information content (AvgIpc) is 3.61. The summed E-state index contributed by atoms with van der Waals surface area (Å²) >= 11 is 0. The summed E-state index contributed by atoms with van der Waals surface area (Å²) in [5.41, 5.74) is 6.57. The number of nitrogens with zero attached hydrogens (tertiary/aromatic N) is 5. The number of rotatable bonds is 3. The maximum Gasteiger partial charge on any atom is 0.0741 e. The van der Waals surface area contributed by atoms with Gasteiger partial charge in [0.05, 0.1) is 34.1 Å². The average molecular weight is 425 g/mol. The van der Waals surface area contributed by atoms with Gasteiger partial charge in [0.2, 0.25) is 0 Å². The quantitative estimate of drug-likeness (QED) is 0.333. The molecule has 0 N–H and O–H groups in total. The Hall–Kier alpha value is -4.64. The molecule has 0 amide bonds. The van der Waals surface area contributed by atoms with Crippen molar-refractivity contribution >= 4 is 32.7 Å². The van der Waals surface area contributed by atoms with Crippen molar-refractivity contribution in [1.29, 1.82) is 0 Å². The molecule has 0 aliphatic rings. The second kappa shape index (κ2) is 6.93. The molecule has 33 heavy (non-hydrogen) atoms. The maximum atomic E-state index is 4.67. The van der Waals surface area contributed by atoms with Crippen LogP contribution in [0.25, 0.3) is 49.8 Å². The van der Waals surface area contributed by atoms with Crippen LogP contribution in [0, 0.1) is 0 Å². The van der Waals surface area contributed by atoms with E-state index in [4.69, 9.17) is 0 Å². The van der Waals surface area contributed by atoms with Gasteiger partial charge in [0.15, 0.2) is 0 Å². The van der Waals surface area contributed by atoms with E-state index in [1.807, 2.05) is 33.9 Å². The van der Waals surface area contributed by atoms with Gasteiger partial charge in [0.1, 0.15) is 0 Å². The highest BCUT2D eigenvalue weighted by atomic mass is 15.3. The molecule has 5 nitrogen and oxygen atoms in total. The summed E-state index contributed by atoms with van der Waals surface area (Å²) in [6.45, 7) is 0. The van der Waals surface area contributed by atoms with E-state index in [-0.39, 0.29) is 0 Å². The van der Waals surface area contributed by atoms with E-state index in [1.54, 1.807) is 6.20 Å². The molecule has 4 aromatic carbocycles. The van der Waals surface area contributed by atoms with E-state index in [2.05, 4.69) is 99.7 Å². The minimum Gasteiger partial charge on any atom is -0.309 e. The van der Waals surface area contributed by atoms with Gasteiger partial charge in [-0.05, 0) is 48.5 Å². The zero-order chi connectivity index (χ0) is 21.8. The molecule has 3 aromatic heterocycles. The van der Waals surface area contributed by atoms with Crippen LogP contribution in [0.1, 0.15) is 0 Å². The summed E-state index contributed by atoms with van der Waals surface area (Å²) in [6, 6.07) is 33.9. The molecule has 156 valence electrons. The SMILES string of the molecule is c1cc(-n2cccn2)cc(-n2c3ccccc3c3ccc(-n4ncc5ccccc54)cc32)c1. The molecular weight excluding hydrogens is 406 g/mol. The number of benzene rings is 4. The highest BCUT2D eigenvalue weighted by Crippen LogP contribution is 2.34. The smallest absolute Gasteiger partial charge is 0.0741 e. The van der Waals surface area contributed by atoms with Gasteiger partial charge in [-0.1, -0.05) is 48.5 Å². The van der Waals surface area contributed by atoms with Crippen molar-refractivity contribution in [3.63, 3.8) is 0 Å². The maximum absolute atomic E-state index is 4.67. The van der Waals surface area contributed by atoms with Crippen molar-refractivity contribution in [3.05, 3.63) is 116 Å². The predicted molar refractivity (Wildman–Crippen MR) is 133 cm³/mol. The molecule has 0 aliphatic heterocycles. The second-order valence-corrected chi connectivity index (χ2v) is 8.14. The molecule has 0 unspecified atom stereocenters. The van der Waals surface area contributed by atoms with Gasteiger partial charge in [-0.15, -0.1) is 0 Å². The van der Waals surface area contributed by atoms with Crippen LogP contribution in [-0.4, -0.2) is 24.1 Å². The summed E-state index contributed by atoms with van der Waals surface area (Å²) in [6.07, 6.45) is 5.68. The number of aromatic nitrogens is 5. The molecule has 0 saturated heterocycles. The molecule has 0 radical (unpaired) electrons. The van der Waals surface area contributed by atoms with Crippen molar-refractivity contribution in [1.82, 2.24) is 24.1 Å². The molecule has 3 heterocycles. The lowest BCUT2D eigenvalue weighted by Gasteiger charge is -2.11. The lowest BCUT2D eigenvalue weighted by atomic mass is 10.1. The molecule has 0 aliphatic carbocycles. The Morgan fingerprint density at radius 1 is 0.545 bits per heavy atom. The minimum atomic E-state index is 1.03. The van der Waals surface area contributed by atoms with E-state index in [9.17, 15) is 0 Å². The van der Waals surface area contributed by atoms with Crippen molar-refractivity contribution in [2.24, 2.45) is 0 Å². The van der Waals surface area contributed by atoms with Crippen LogP contribution in [0.15, 0.2) is 116 Å². The van der Waals surface area contributed by atoms with Crippen molar-refractivity contribution < 1.29 is 0 Å². The molecule has 0 fully saturated rings. The minimum absolute atomic E-state index is 1.03. The standard InChI is InChI=1S/C28H19N5/c1-3-11-26-20(7-1)19-30-33(26)23-13-14-25-24-10-2-4-12-27(24)32(28(25)18-23)22-9-5-8-21(17-22)31-16-6-15-29-31/h1-19H. The topological polar surface area (TPSA) is 40.6 Å². The van der Waals surface area contributed by atoms with E-state index in [1.165, 1.54) is 16.3 Å². The fourth-order valence-electron chi connectivity index (χ4n) is 4.74. The van der Waals surface area contributed by atoms with Crippen LogP contribution < -0.4 is 0 Å². The van der Waals surface area contributed by atoms with Gasteiger partial charge < -0.3 is 4.57 Å². The molecule has 0 spiro atoms. The Balaban J connectivity index is 1.51. The van der Waals surface area contributed by atoms with Crippen LogP contribution >= 0.6 is 0 Å². The first-order valence-electron chi connectivity index (χ1n) is 10.9. The Labute approximate surface area is 189 Å². The largest absolute Gasteiger partial charge is 0.309 e. The van der Waals surface area contributed by atoms with Crippen molar-refractivity contribution in [2.45, 2.75) is 0 Å². The Morgan fingerprint density at radius 3 is 2.27 bits per heavy atom. The molecule has 7 aromatic rings. The molecule has 5 heteroatoms. The second-order valence-electron chi connectivity index (χ2n) is 8.14. The van der Waals surface area contributed by atoms with Crippen LogP contribution in [-0.2, 0) is 0 Å². The van der Waals surface area contributed by atoms with Crippen LogP contribution in [0.3, 0.4) is 0 Å². The van der Waals surface area contributed by atoms with Gasteiger partial charge in [-0.2, -0.15) is 10.2 Å². The summed E-state index contributed by atoms with van der Waals surface area (Å²) in [7, 11) is 0. The van der Waals surface area contributed by atoms with Crippen molar-refractivity contribution in [3.8, 4) is 17.1 Å². The molecule has 0 bridgehead atoms. The predicted octanol–water partition coefficient (Wildman–Crippen LogP) is 6.31. The first-order valence-corrected chi connectivity index (χ1v) is 10.9. The third-order valence-corrected chi connectivity index (χ3v) is 6.24. The van der Waals surface area contributed by atoms with Gasteiger partial charge >= 0.3 is 0 Å². The zero-order valence-corrected chi connectivity index (χ0v) is 17.7. The van der Waals surface area contributed by atoms with Gasteiger partial charge in [-0.3, -0.25) is 0 Å². The Kier molecular flexibility index (Phi) is 3.78. The molecule has 7 rings (SSSR count). The fraction of sp³-hybridized carbons (Fsp3) is 0. The van der Waals surface area contributed by atoms with Gasteiger partial charge in [0.25, 0.3) is 0 Å². The van der Waals surface area contributed by atoms with Crippen LogP contribution in [0.5, 0.6) is 0 Å². The van der Waals surface area contributed by atoms with E-state index in [0.29, 0.717) is 0 Å². The third kappa shape index (κ3) is 2.72. The lowest BCUT2D eigenvalue weighted by molar-refractivity contribution is 0.878. The number of hydrogen-bond acceptors (Lipinski definition) is 2. The molecule has 0 atom stereocenters. The molecular formula is C28H19N5. The van der Waals surface area contributed by atoms with Gasteiger partial charge in [-0.25, -0.2) is 9.36 Å². The lowest BCUT2D eigenvalue weighted by Crippen LogP contribution is -2.00. The first kappa shape index (κ1) is 18.0. The number of para-hydroxylation sites is 2. The van der Waals surface area contributed by atoms with Crippen LogP contribution in [0.4, 0.5) is 0 Å². The monoisotopic (exact) mass is 425 g/mol. The summed E-state index contributed by atoms with van der Waals surface area (Å²) in [5, 5.41) is 12.7. The highest BCUT2D eigenvalue weighted by molar-refractivity contribution is 6.09. The number of hydrogen-bond donors (Lipinski definition) is 0. The summed E-state index contributed by atoms with van der Waals surface area (Å²) < 4.78 is 6.22. The Bertz CT molecular complexity index is 1770. The Morgan fingerprint density at radius 2 is 1.36 bits per heavy atom. The zero-order valence-electron chi connectivity index (χ0n) is 17.7. The number of fused-ring (bicyclic) bond motifs is 4. The van der Waals surface area contributed by atoms with Gasteiger partial charge in [0, 0.05) is 34.2 Å². The third-order valence-electron chi connectivity index (χ3n) is 6.24. The highest BCUT2D eigenvalue weighted by Gasteiger charge is 2.14. The summed E-state index contributed by atoms with van der Waals surface area (Å²) in [4.78, 5) is 0. The van der Waals surface area contributed by atoms with E-state index < -0.39 is 0 Å². The fourth-order valence-corrected chi connectivity index (χ4v) is 4.74. The van der Waals surface area contributed by atoms with E-state index in [0.717, 1.165) is 33.5 Å². The normalized spacial score (nSPS) is 11.6. The van der Waals surface area contributed by atoms with E-state index >= 15 is 0 Å². The summed E-state index contributed by atoms with van der Waals surface area (Å²) in [5.74, 6) is 0. The molecule has 0 saturated carbocycles.